The van der Waals surface area contributed by atoms with E-state index in [4.69, 9.17) is 22.1 Å². The third-order valence-electron chi connectivity index (χ3n) is 4.08. The van der Waals surface area contributed by atoms with Gasteiger partial charge < -0.3 is 4.74 Å². The average molecular weight is 401 g/mol. The van der Waals surface area contributed by atoms with Gasteiger partial charge in [0.1, 0.15) is 12.4 Å². The smallest absolute Gasteiger partial charge is 0.199 e. The molecule has 7 heteroatoms. The van der Waals surface area contributed by atoms with Crippen molar-refractivity contribution >= 4 is 23.6 Å². The highest BCUT2D eigenvalue weighted by Crippen LogP contribution is 2.15. The lowest BCUT2D eigenvalue weighted by Crippen LogP contribution is -2.22. The fourth-order valence-electron chi connectivity index (χ4n) is 2.82. The van der Waals surface area contributed by atoms with E-state index in [1.807, 2.05) is 46.5 Å². The Hall–Kier alpha value is -2.22. The molecule has 5 nitrogen and oxygen atoms in total. The van der Waals surface area contributed by atoms with Gasteiger partial charge >= 0.3 is 0 Å². The van der Waals surface area contributed by atoms with Gasteiger partial charge in [-0.1, -0.05) is 18.2 Å². The van der Waals surface area contributed by atoms with Crippen molar-refractivity contribution in [1.29, 1.82) is 0 Å². The van der Waals surface area contributed by atoms with Crippen LogP contribution in [0.25, 0.3) is 0 Å². The molecule has 0 saturated carbocycles. The van der Waals surface area contributed by atoms with Gasteiger partial charge in [-0.05, 0) is 66.3 Å². The summed E-state index contributed by atoms with van der Waals surface area (Å²) in [5.74, 6) is 1.63. The summed E-state index contributed by atoms with van der Waals surface area (Å²) in [5, 5.41) is 8.95. The summed E-state index contributed by atoms with van der Waals surface area (Å²) in [4.78, 5) is 2.19. The van der Waals surface area contributed by atoms with Crippen molar-refractivity contribution in [3.8, 4) is 5.75 Å². The number of aryl methyl sites for hydroxylation is 1. The van der Waals surface area contributed by atoms with Crippen LogP contribution in [-0.2, 0) is 26.4 Å². The van der Waals surface area contributed by atoms with E-state index in [1.165, 1.54) is 5.56 Å². The normalized spacial score (nSPS) is 11.1. The zero-order valence-electron chi connectivity index (χ0n) is 15.7. The van der Waals surface area contributed by atoms with Crippen LogP contribution in [0.15, 0.2) is 53.7 Å². The first-order valence-corrected chi connectivity index (χ1v) is 10.1. The maximum Gasteiger partial charge on any atom is 0.199 e. The van der Waals surface area contributed by atoms with E-state index in [0.29, 0.717) is 24.6 Å². The van der Waals surface area contributed by atoms with Crippen LogP contribution < -0.4 is 4.74 Å². The van der Waals surface area contributed by atoms with Gasteiger partial charge in [0.05, 0.1) is 6.67 Å². The molecule has 1 aromatic carbocycles. The highest BCUT2D eigenvalue weighted by atomic mass is 32.1. The molecule has 0 amide bonds. The first-order chi connectivity index (χ1) is 13.1. The molecule has 0 radical (unpaired) electrons. The minimum Gasteiger partial charge on any atom is -0.486 e. The van der Waals surface area contributed by atoms with E-state index in [9.17, 15) is 0 Å². The summed E-state index contributed by atoms with van der Waals surface area (Å²) in [7, 11) is 2.06. The largest absolute Gasteiger partial charge is 0.486 e. The van der Waals surface area contributed by atoms with Gasteiger partial charge in [-0.25, -0.2) is 4.68 Å². The van der Waals surface area contributed by atoms with Crippen LogP contribution in [0, 0.1) is 11.7 Å². The summed E-state index contributed by atoms with van der Waals surface area (Å²) in [5.41, 5.74) is 2.46. The second kappa shape index (κ2) is 9.12. The van der Waals surface area contributed by atoms with Crippen molar-refractivity contribution in [2.45, 2.75) is 33.3 Å². The second-order valence-electron chi connectivity index (χ2n) is 6.49. The van der Waals surface area contributed by atoms with Crippen LogP contribution in [0.5, 0.6) is 5.75 Å². The van der Waals surface area contributed by atoms with Gasteiger partial charge in [-0.15, -0.1) is 6.58 Å². The fraction of sp³-hybridized carbons (Fsp3) is 0.300. The number of nitrogens with zero attached hydrogens (tertiary/aromatic N) is 4. The molecule has 0 bridgehead atoms. The minimum absolute atomic E-state index is 0.363. The highest BCUT2D eigenvalue weighted by Gasteiger charge is 2.12. The molecule has 0 aliphatic rings. The highest BCUT2D eigenvalue weighted by molar-refractivity contribution is 7.71. The number of thiophene rings is 1. The van der Waals surface area contributed by atoms with Crippen molar-refractivity contribution in [2.24, 2.45) is 0 Å². The lowest BCUT2D eigenvalue weighted by molar-refractivity contribution is 0.241. The molecule has 0 aliphatic heterocycles. The first kappa shape index (κ1) is 19.5. The number of aromatic nitrogens is 3. The molecule has 0 fully saturated rings. The Balaban J connectivity index is 1.74. The molecule has 3 rings (SSSR count). The molecule has 0 unspecified atom stereocenters. The zero-order valence-corrected chi connectivity index (χ0v) is 17.3. The molecule has 0 spiro atoms. The Kier molecular flexibility index (Phi) is 6.60. The predicted octanol–water partition coefficient (Wildman–Crippen LogP) is 4.64. The van der Waals surface area contributed by atoms with Crippen molar-refractivity contribution in [2.75, 3.05) is 7.05 Å². The zero-order chi connectivity index (χ0) is 19.2. The van der Waals surface area contributed by atoms with Crippen molar-refractivity contribution < 1.29 is 4.74 Å². The summed E-state index contributed by atoms with van der Waals surface area (Å²) in [6.45, 7) is 8.33. The van der Waals surface area contributed by atoms with E-state index in [2.05, 4.69) is 35.4 Å². The Labute approximate surface area is 169 Å². The van der Waals surface area contributed by atoms with E-state index in [1.54, 1.807) is 11.3 Å². The maximum absolute atomic E-state index is 5.93. The Morgan fingerprint density at radius 2 is 2.22 bits per heavy atom. The Morgan fingerprint density at radius 1 is 1.37 bits per heavy atom. The molecule has 142 valence electrons. The van der Waals surface area contributed by atoms with Crippen molar-refractivity contribution in [3.05, 3.63) is 75.5 Å². The van der Waals surface area contributed by atoms with E-state index >= 15 is 0 Å². The molecule has 0 saturated heterocycles. The van der Waals surface area contributed by atoms with Crippen molar-refractivity contribution in [1.82, 2.24) is 19.2 Å². The molecule has 2 heterocycles. The lowest BCUT2D eigenvalue weighted by Gasteiger charge is -2.15. The van der Waals surface area contributed by atoms with Crippen LogP contribution >= 0.6 is 23.6 Å². The third kappa shape index (κ3) is 5.15. The van der Waals surface area contributed by atoms with E-state index in [0.717, 1.165) is 23.7 Å². The van der Waals surface area contributed by atoms with Crippen LogP contribution in [0.2, 0.25) is 0 Å². The van der Waals surface area contributed by atoms with Crippen molar-refractivity contribution in [3.63, 3.8) is 0 Å². The summed E-state index contributed by atoms with van der Waals surface area (Å²) < 4.78 is 10.4. The molecular weight excluding hydrogens is 376 g/mol. The van der Waals surface area contributed by atoms with Crippen LogP contribution in [0.3, 0.4) is 0 Å². The van der Waals surface area contributed by atoms with Crippen LogP contribution in [-0.4, -0.2) is 26.3 Å². The molecule has 3 aromatic rings. The standard InChI is InChI=1S/C20H24N4OS2/c1-4-9-23-19(13-25-18-7-5-6-16(2)11-18)21-24(20(23)26)15-22(3)12-17-8-10-27-14-17/h4-8,10-11,14H,1,9,12-13,15H2,2-3H3. The molecule has 0 aliphatic carbocycles. The fourth-order valence-corrected chi connectivity index (χ4v) is 3.76. The summed E-state index contributed by atoms with van der Waals surface area (Å²) >= 11 is 7.34. The number of allylic oxidation sites excluding steroid dienone is 1. The van der Waals surface area contributed by atoms with Crippen LogP contribution in [0.1, 0.15) is 17.0 Å². The van der Waals surface area contributed by atoms with Gasteiger partial charge in [-0.2, -0.15) is 16.4 Å². The second-order valence-corrected chi connectivity index (χ2v) is 7.64. The van der Waals surface area contributed by atoms with Gasteiger partial charge in [0.25, 0.3) is 0 Å². The molecule has 0 atom stereocenters. The van der Waals surface area contributed by atoms with Crippen LogP contribution in [0.4, 0.5) is 0 Å². The third-order valence-corrected chi connectivity index (χ3v) is 5.24. The van der Waals surface area contributed by atoms with Gasteiger partial charge in [0, 0.05) is 13.1 Å². The van der Waals surface area contributed by atoms with Gasteiger partial charge in [0.15, 0.2) is 10.6 Å². The Morgan fingerprint density at radius 3 is 2.93 bits per heavy atom. The lowest BCUT2D eigenvalue weighted by atomic mass is 10.2. The number of hydrogen-bond donors (Lipinski definition) is 0. The number of rotatable bonds is 9. The Bertz CT molecular complexity index is 943. The quantitative estimate of drug-likeness (QED) is 0.387. The topological polar surface area (TPSA) is 35.2 Å². The summed E-state index contributed by atoms with van der Waals surface area (Å²) in [6.07, 6.45) is 1.83. The monoisotopic (exact) mass is 400 g/mol. The van der Waals surface area contributed by atoms with Gasteiger partial charge in [0.2, 0.25) is 0 Å². The summed E-state index contributed by atoms with van der Waals surface area (Å²) in [6, 6.07) is 10.1. The van der Waals surface area contributed by atoms with E-state index in [-0.39, 0.29) is 0 Å². The first-order valence-electron chi connectivity index (χ1n) is 8.73. The van der Waals surface area contributed by atoms with Gasteiger partial charge in [-0.3, -0.25) is 9.47 Å². The number of benzene rings is 1. The molecule has 27 heavy (non-hydrogen) atoms. The van der Waals surface area contributed by atoms with E-state index < -0.39 is 0 Å². The predicted molar refractivity (Wildman–Crippen MR) is 113 cm³/mol. The SMILES string of the molecule is C=CCn1c(COc2cccc(C)c2)nn(CN(C)Cc2ccsc2)c1=S. The molecule has 0 N–H and O–H groups in total. The molecular formula is C20H24N4OS2. The maximum atomic E-state index is 5.93. The minimum atomic E-state index is 0.363. The number of ether oxygens (including phenoxy) is 1. The number of hydrogen-bond acceptors (Lipinski definition) is 5. The average Bonchev–Trinajstić information content (AvgIpc) is 3.24. The molecule has 2 aromatic heterocycles.